The van der Waals surface area contributed by atoms with Gasteiger partial charge in [-0.1, -0.05) is 24.6 Å². The summed E-state index contributed by atoms with van der Waals surface area (Å²) >= 11 is 5.89. The van der Waals surface area contributed by atoms with Crippen LogP contribution in [0.15, 0.2) is 18.2 Å². The largest absolute Gasteiger partial charge is 0.341 e. The molecule has 1 rings (SSSR count). The van der Waals surface area contributed by atoms with Crippen LogP contribution in [0.2, 0.25) is 5.02 Å². The zero-order chi connectivity index (χ0) is 13.0. The van der Waals surface area contributed by atoms with Gasteiger partial charge >= 0.3 is 0 Å². The van der Waals surface area contributed by atoms with Crippen LogP contribution in [0.25, 0.3) is 0 Å². The first-order chi connectivity index (χ1) is 7.95. The van der Waals surface area contributed by atoms with Crippen molar-refractivity contribution in [2.24, 2.45) is 11.7 Å². The van der Waals surface area contributed by atoms with Crippen molar-refractivity contribution in [3.63, 3.8) is 0 Å². The highest BCUT2D eigenvalue weighted by Gasteiger charge is 2.16. The lowest BCUT2D eigenvalue weighted by Gasteiger charge is -2.21. The third kappa shape index (κ3) is 4.44. The van der Waals surface area contributed by atoms with Crippen molar-refractivity contribution in [3.8, 4) is 0 Å². The minimum Gasteiger partial charge on any atom is -0.341 e. The van der Waals surface area contributed by atoms with Crippen LogP contribution >= 0.6 is 24.0 Å². The summed E-state index contributed by atoms with van der Waals surface area (Å²) < 4.78 is 12.8. The lowest BCUT2D eigenvalue weighted by molar-refractivity contribution is -0.133. The molecule has 0 radical (unpaired) electrons. The van der Waals surface area contributed by atoms with Crippen LogP contribution in [-0.4, -0.2) is 24.4 Å². The molecule has 1 atom stereocenters. The fraction of sp³-hybridized carbons (Fsp3) is 0.417. The molecule has 0 aromatic heterocycles. The van der Waals surface area contributed by atoms with Crippen LogP contribution < -0.4 is 5.73 Å². The van der Waals surface area contributed by atoms with E-state index < -0.39 is 0 Å². The van der Waals surface area contributed by atoms with Crippen LogP contribution in [0.4, 0.5) is 4.39 Å². The SMILES string of the molecule is CC(CN)C(=O)N(C)Cc1ccc(F)cc1Cl.Cl. The summed E-state index contributed by atoms with van der Waals surface area (Å²) in [4.78, 5) is 13.3. The molecule has 0 spiro atoms. The van der Waals surface area contributed by atoms with Gasteiger partial charge in [0.1, 0.15) is 5.82 Å². The zero-order valence-electron chi connectivity index (χ0n) is 10.3. The second-order valence-electron chi connectivity index (χ2n) is 4.07. The maximum absolute atomic E-state index is 12.8. The van der Waals surface area contributed by atoms with E-state index >= 15 is 0 Å². The Balaban J connectivity index is 0.00000289. The highest BCUT2D eigenvalue weighted by Crippen LogP contribution is 2.19. The molecule has 18 heavy (non-hydrogen) atoms. The first-order valence-electron chi connectivity index (χ1n) is 5.34. The van der Waals surface area contributed by atoms with Crippen molar-refractivity contribution in [3.05, 3.63) is 34.6 Å². The molecule has 0 heterocycles. The molecule has 0 bridgehead atoms. The molecule has 0 aliphatic rings. The normalized spacial score (nSPS) is 11.6. The molecule has 2 N–H and O–H groups in total. The summed E-state index contributed by atoms with van der Waals surface area (Å²) in [7, 11) is 1.67. The van der Waals surface area contributed by atoms with Gasteiger partial charge in [0, 0.05) is 31.1 Å². The summed E-state index contributed by atoms with van der Waals surface area (Å²) in [6, 6.07) is 4.14. The van der Waals surface area contributed by atoms with Crippen LogP contribution in [0.1, 0.15) is 12.5 Å². The molecule has 3 nitrogen and oxygen atoms in total. The predicted molar refractivity (Wildman–Crippen MR) is 73.4 cm³/mol. The van der Waals surface area contributed by atoms with E-state index in [-0.39, 0.29) is 30.0 Å². The standard InChI is InChI=1S/C12H16ClFN2O.ClH/c1-8(6-15)12(17)16(2)7-9-3-4-10(14)5-11(9)13;/h3-5,8H,6-7,15H2,1-2H3;1H. The average Bonchev–Trinajstić information content (AvgIpc) is 2.30. The zero-order valence-corrected chi connectivity index (χ0v) is 11.9. The lowest BCUT2D eigenvalue weighted by Crippen LogP contribution is -2.34. The summed E-state index contributed by atoms with van der Waals surface area (Å²) in [5.74, 6) is -0.657. The first kappa shape index (κ1) is 17.2. The van der Waals surface area contributed by atoms with Crippen LogP contribution in [0, 0.1) is 11.7 Å². The van der Waals surface area contributed by atoms with Gasteiger partial charge in [-0.25, -0.2) is 4.39 Å². The number of hydrogen-bond acceptors (Lipinski definition) is 2. The highest BCUT2D eigenvalue weighted by molar-refractivity contribution is 6.31. The van der Waals surface area contributed by atoms with E-state index in [2.05, 4.69) is 0 Å². The van der Waals surface area contributed by atoms with Crippen LogP contribution in [0.5, 0.6) is 0 Å². The molecule has 0 fully saturated rings. The number of benzene rings is 1. The molecule has 6 heteroatoms. The minimum atomic E-state index is -0.386. The topological polar surface area (TPSA) is 46.3 Å². The number of amides is 1. The molecule has 1 unspecified atom stereocenters. The molecule has 0 saturated carbocycles. The second-order valence-corrected chi connectivity index (χ2v) is 4.47. The quantitative estimate of drug-likeness (QED) is 0.927. The monoisotopic (exact) mass is 294 g/mol. The van der Waals surface area contributed by atoms with Gasteiger partial charge in [0.25, 0.3) is 0 Å². The van der Waals surface area contributed by atoms with E-state index in [4.69, 9.17) is 17.3 Å². The van der Waals surface area contributed by atoms with Gasteiger partial charge in [-0.05, 0) is 17.7 Å². The fourth-order valence-corrected chi connectivity index (χ4v) is 1.69. The second kappa shape index (κ2) is 7.56. The average molecular weight is 295 g/mol. The molecule has 0 aliphatic carbocycles. The Morgan fingerprint density at radius 3 is 2.67 bits per heavy atom. The van der Waals surface area contributed by atoms with Gasteiger partial charge in [0.05, 0.1) is 0 Å². The van der Waals surface area contributed by atoms with Gasteiger partial charge in [-0.2, -0.15) is 0 Å². The third-order valence-electron chi connectivity index (χ3n) is 2.57. The number of nitrogens with two attached hydrogens (primary N) is 1. The van der Waals surface area contributed by atoms with Crippen molar-refractivity contribution >= 4 is 29.9 Å². The van der Waals surface area contributed by atoms with E-state index in [1.807, 2.05) is 0 Å². The first-order valence-corrected chi connectivity index (χ1v) is 5.72. The maximum atomic E-state index is 12.8. The smallest absolute Gasteiger partial charge is 0.226 e. The van der Waals surface area contributed by atoms with E-state index in [1.54, 1.807) is 20.0 Å². The number of carbonyl (C=O) groups is 1. The molecule has 1 amide bonds. The fourth-order valence-electron chi connectivity index (χ4n) is 1.46. The van der Waals surface area contributed by atoms with E-state index in [0.29, 0.717) is 23.7 Å². The molecule has 0 saturated heterocycles. The Labute approximate surface area is 118 Å². The Morgan fingerprint density at radius 2 is 2.17 bits per heavy atom. The number of hydrogen-bond donors (Lipinski definition) is 1. The number of halogens is 3. The summed E-state index contributed by atoms with van der Waals surface area (Å²) in [5.41, 5.74) is 6.15. The number of nitrogens with zero attached hydrogens (tertiary/aromatic N) is 1. The van der Waals surface area contributed by atoms with E-state index in [0.717, 1.165) is 0 Å². The molecular formula is C12H17Cl2FN2O. The Kier molecular flexibility index (Phi) is 7.21. The predicted octanol–water partition coefficient (Wildman–Crippen LogP) is 2.45. The number of carbonyl (C=O) groups excluding carboxylic acids is 1. The van der Waals surface area contributed by atoms with Crippen molar-refractivity contribution in [2.75, 3.05) is 13.6 Å². The van der Waals surface area contributed by atoms with Crippen molar-refractivity contribution < 1.29 is 9.18 Å². The third-order valence-corrected chi connectivity index (χ3v) is 2.93. The summed E-state index contributed by atoms with van der Waals surface area (Å²) in [6.45, 7) is 2.42. The maximum Gasteiger partial charge on any atom is 0.226 e. The van der Waals surface area contributed by atoms with Gasteiger partial charge < -0.3 is 10.6 Å². The molecule has 1 aromatic carbocycles. The van der Waals surface area contributed by atoms with Crippen molar-refractivity contribution in [2.45, 2.75) is 13.5 Å². The summed E-state index contributed by atoms with van der Waals surface area (Å²) in [6.07, 6.45) is 0. The summed E-state index contributed by atoms with van der Waals surface area (Å²) in [5, 5.41) is 0.324. The van der Waals surface area contributed by atoms with Gasteiger partial charge in [0.2, 0.25) is 5.91 Å². The van der Waals surface area contributed by atoms with Crippen LogP contribution in [-0.2, 0) is 11.3 Å². The van der Waals surface area contributed by atoms with Crippen molar-refractivity contribution in [1.29, 1.82) is 0 Å². The van der Waals surface area contributed by atoms with E-state index in [9.17, 15) is 9.18 Å². The Bertz CT molecular complexity index is 415. The Hall–Kier alpha value is -0.840. The highest BCUT2D eigenvalue weighted by atomic mass is 35.5. The molecule has 102 valence electrons. The Morgan fingerprint density at radius 1 is 1.56 bits per heavy atom. The van der Waals surface area contributed by atoms with Crippen molar-refractivity contribution in [1.82, 2.24) is 4.90 Å². The van der Waals surface area contributed by atoms with Gasteiger partial charge in [0.15, 0.2) is 0 Å². The minimum absolute atomic E-state index is 0. The molecule has 1 aromatic rings. The van der Waals surface area contributed by atoms with Gasteiger partial charge in [-0.3, -0.25) is 4.79 Å². The van der Waals surface area contributed by atoms with E-state index in [1.165, 1.54) is 17.0 Å². The lowest BCUT2D eigenvalue weighted by atomic mass is 10.1. The van der Waals surface area contributed by atoms with Gasteiger partial charge in [-0.15, -0.1) is 12.4 Å². The molecular weight excluding hydrogens is 278 g/mol. The molecule has 0 aliphatic heterocycles. The number of rotatable bonds is 4. The van der Waals surface area contributed by atoms with Crippen LogP contribution in [0.3, 0.4) is 0 Å².